The van der Waals surface area contributed by atoms with Gasteiger partial charge in [-0.15, -0.1) is 0 Å². The van der Waals surface area contributed by atoms with Gasteiger partial charge >= 0.3 is 12.2 Å². The van der Waals surface area contributed by atoms with Crippen LogP contribution >= 0.6 is 0 Å². The summed E-state index contributed by atoms with van der Waals surface area (Å²) in [4.78, 5) is 29.2. The van der Waals surface area contributed by atoms with Gasteiger partial charge in [0.15, 0.2) is 0 Å². The summed E-state index contributed by atoms with van der Waals surface area (Å²) in [6, 6.07) is 0. The van der Waals surface area contributed by atoms with Gasteiger partial charge in [0, 0.05) is 14.2 Å². The Labute approximate surface area is 324 Å². The summed E-state index contributed by atoms with van der Waals surface area (Å²) in [6.45, 7) is 14.6. The molecule has 14 nitrogen and oxygen atoms in total. The standard InChI is InChI=1S/C41H62N2O12/c1-23(2)9-11-29-39(6,55-29)34-32(49-8)28(53-35(45)42-17-26(44)18-42)16-25(41(34)22-51-41)15-24(3)10-12-30-38(5,54-30)33-31(48-7)27(13-14-40(33)21-50-40)52-36(46)43-19-37(4,47)20-43/h9-10,25-34,44,47H,11-22H2,1-8H3/b24-10+/t25?,27-,28-,29-,30-,31-,32-,33-,34-,38+,39+,40?,41?/m1/s1. The molecule has 3 unspecified atom stereocenters. The number of nitrogens with zero attached hydrogens (tertiary/aromatic N) is 2. The van der Waals surface area contributed by atoms with Crippen molar-refractivity contribution in [2.24, 2.45) is 17.8 Å². The van der Waals surface area contributed by atoms with Crippen molar-refractivity contribution in [2.45, 2.75) is 151 Å². The molecule has 6 heterocycles. The van der Waals surface area contributed by atoms with Gasteiger partial charge in [0.05, 0.1) is 75.1 Å². The fourth-order valence-corrected chi connectivity index (χ4v) is 10.9. The van der Waals surface area contributed by atoms with Crippen LogP contribution in [0.15, 0.2) is 23.3 Å². The van der Waals surface area contributed by atoms with E-state index in [1.165, 1.54) is 20.9 Å². The van der Waals surface area contributed by atoms with Crippen LogP contribution in [0.2, 0.25) is 0 Å². The van der Waals surface area contributed by atoms with E-state index in [1.807, 2.05) is 0 Å². The first kappa shape index (κ1) is 39.5. The highest BCUT2D eigenvalue weighted by Gasteiger charge is 2.75. The highest BCUT2D eigenvalue weighted by Crippen LogP contribution is 2.63. The van der Waals surface area contributed by atoms with E-state index < -0.39 is 65.1 Å². The molecular formula is C41H62N2O12. The predicted octanol–water partition coefficient (Wildman–Crippen LogP) is 3.75. The molecule has 2 amide bonds. The van der Waals surface area contributed by atoms with Crippen molar-refractivity contribution >= 4 is 12.2 Å². The van der Waals surface area contributed by atoms with E-state index >= 15 is 0 Å². The molecule has 14 heteroatoms. The van der Waals surface area contributed by atoms with Crippen LogP contribution in [0, 0.1) is 17.8 Å². The van der Waals surface area contributed by atoms with Crippen LogP contribution in [0.4, 0.5) is 9.59 Å². The zero-order valence-electron chi connectivity index (χ0n) is 33.8. The van der Waals surface area contributed by atoms with Crippen LogP contribution in [0.1, 0.15) is 80.1 Å². The molecule has 0 aromatic rings. The first-order valence-corrected chi connectivity index (χ1v) is 20.3. The highest BCUT2D eigenvalue weighted by atomic mass is 16.6. The average Bonchev–Trinajstić information content (AvgIpc) is 3.96. The van der Waals surface area contributed by atoms with E-state index in [1.54, 1.807) is 21.1 Å². The number of carbonyl (C=O) groups is 2. The van der Waals surface area contributed by atoms with Gasteiger partial charge in [-0.2, -0.15) is 0 Å². The molecule has 6 aliphatic heterocycles. The molecule has 0 aromatic heterocycles. The molecule has 55 heavy (non-hydrogen) atoms. The van der Waals surface area contributed by atoms with Gasteiger partial charge in [-0.1, -0.05) is 23.3 Å². The lowest BCUT2D eigenvalue weighted by atomic mass is 9.62. The predicted molar refractivity (Wildman–Crippen MR) is 197 cm³/mol. The molecular weight excluding hydrogens is 712 g/mol. The molecule has 2 spiro atoms. The van der Waals surface area contributed by atoms with Crippen molar-refractivity contribution in [1.82, 2.24) is 9.80 Å². The normalized spacial score (nSPS) is 45.4. The number of carbonyl (C=O) groups excluding carboxylic acids is 2. The van der Waals surface area contributed by atoms with Crippen LogP contribution in [-0.4, -0.2) is 157 Å². The Morgan fingerprint density at radius 3 is 1.93 bits per heavy atom. The maximum Gasteiger partial charge on any atom is 0.410 e. The number of hydrogen-bond acceptors (Lipinski definition) is 12. The van der Waals surface area contributed by atoms with Crippen molar-refractivity contribution in [2.75, 3.05) is 53.6 Å². The lowest BCUT2D eigenvalue weighted by Crippen LogP contribution is -2.63. The number of epoxide rings is 4. The number of likely N-dealkylation sites (tertiary alicyclic amines) is 2. The summed E-state index contributed by atoms with van der Waals surface area (Å²) in [7, 11) is 3.34. The van der Waals surface area contributed by atoms with Crippen LogP contribution in [0.5, 0.6) is 0 Å². The number of hydrogen-bond donors (Lipinski definition) is 2. The number of β-amino-alcohol motifs (C(OH)–C–C–N with tert-alkyl or cyclic N) is 2. The average molecular weight is 775 g/mol. The van der Waals surface area contributed by atoms with Crippen molar-refractivity contribution < 1.29 is 57.7 Å². The quantitative estimate of drug-likeness (QED) is 0.218. The van der Waals surface area contributed by atoms with Crippen molar-refractivity contribution in [3.05, 3.63) is 23.3 Å². The Bertz CT molecular complexity index is 1560. The van der Waals surface area contributed by atoms with Gasteiger partial charge in [0.25, 0.3) is 0 Å². The van der Waals surface area contributed by atoms with E-state index in [9.17, 15) is 19.8 Å². The topological polar surface area (TPSA) is 168 Å². The molecule has 8 rings (SSSR count). The highest BCUT2D eigenvalue weighted by molar-refractivity contribution is 5.69. The first-order chi connectivity index (χ1) is 26.0. The number of rotatable bonds is 12. The van der Waals surface area contributed by atoms with Gasteiger partial charge in [-0.05, 0) is 86.0 Å². The molecule has 0 aromatic carbocycles. The molecule has 8 aliphatic rings. The number of methoxy groups -OCH3 is 2. The molecule has 13 atom stereocenters. The van der Waals surface area contributed by atoms with E-state index in [-0.39, 0.29) is 61.7 Å². The summed E-state index contributed by atoms with van der Waals surface area (Å²) < 4.78 is 50.1. The molecule has 2 aliphatic carbocycles. The lowest BCUT2D eigenvalue weighted by Gasteiger charge is -2.47. The summed E-state index contributed by atoms with van der Waals surface area (Å²) in [5.74, 6) is -0.212. The number of aliphatic hydroxyl groups is 2. The minimum atomic E-state index is -0.877. The van der Waals surface area contributed by atoms with E-state index in [2.05, 4.69) is 46.8 Å². The summed E-state index contributed by atoms with van der Waals surface area (Å²) in [5.41, 5.74) is -0.285. The third-order valence-corrected chi connectivity index (χ3v) is 14.2. The van der Waals surface area contributed by atoms with Crippen LogP contribution in [0.25, 0.3) is 0 Å². The van der Waals surface area contributed by atoms with E-state index in [4.69, 9.17) is 37.9 Å². The Morgan fingerprint density at radius 2 is 1.38 bits per heavy atom. The van der Waals surface area contributed by atoms with E-state index in [0.717, 1.165) is 19.3 Å². The minimum Gasteiger partial charge on any atom is -0.443 e. The Morgan fingerprint density at radius 1 is 0.818 bits per heavy atom. The zero-order valence-corrected chi connectivity index (χ0v) is 33.8. The van der Waals surface area contributed by atoms with Crippen LogP contribution < -0.4 is 0 Å². The maximum atomic E-state index is 13.2. The second-order valence-corrected chi connectivity index (χ2v) is 18.8. The Hall–Kier alpha value is -2.30. The Kier molecular flexibility index (Phi) is 10.0. The smallest absolute Gasteiger partial charge is 0.410 e. The number of aliphatic hydroxyl groups excluding tert-OH is 1. The lowest BCUT2D eigenvalue weighted by molar-refractivity contribution is -0.143. The Balaban J connectivity index is 0.958. The fourth-order valence-electron chi connectivity index (χ4n) is 10.9. The third kappa shape index (κ3) is 7.14. The monoisotopic (exact) mass is 774 g/mol. The van der Waals surface area contributed by atoms with Gasteiger partial charge < -0.3 is 57.9 Å². The molecule has 0 bridgehead atoms. The molecule has 8 fully saturated rings. The fraction of sp³-hybridized carbons (Fsp3) is 0.854. The first-order valence-electron chi connectivity index (χ1n) is 20.3. The SMILES string of the molecule is CO[C@@H]1[C@H](OC(=O)N2CC(C)(O)C2)CCC2(CO2)[C@H]1[C@@]1(C)O[C@@H]1C/C=C(\C)CC1C[C@@H](OC(=O)N2CC(O)C2)[C@@H](OC)[C@H]([C@@]2(C)O[C@@H]2CC=C(C)C)C12CO2. The summed E-state index contributed by atoms with van der Waals surface area (Å²) in [5, 5.41) is 20.0. The number of ether oxygens (including phenoxy) is 8. The van der Waals surface area contributed by atoms with Crippen molar-refractivity contribution in [3.63, 3.8) is 0 Å². The van der Waals surface area contributed by atoms with E-state index in [0.29, 0.717) is 32.5 Å². The molecule has 308 valence electrons. The zero-order chi connectivity index (χ0) is 39.3. The van der Waals surface area contributed by atoms with Gasteiger partial charge in [0.2, 0.25) is 0 Å². The second-order valence-electron chi connectivity index (χ2n) is 18.8. The molecule has 2 saturated carbocycles. The van der Waals surface area contributed by atoms with Gasteiger partial charge in [-0.3, -0.25) is 0 Å². The van der Waals surface area contributed by atoms with Crippen molar-refractivity contribution in [3.8, 4) is 0 Å². The summed E-state index contributed by atoms with van der Waals surface area (Å²) >= 11 is 0. The van der Waals surface area contributed by atoms with Crippen LogP contribution in [0.3, 0.4) is 0 Å². The maximum absolute atomic E-state index is 13.2. The van der Waals surface area contributed by atoms with Crippen LogP contribution in [-0.2, 0) is 37.9 Å². The number of amides is 2. The third-order valence-electron chi connectivity index (χ3n) is 14.2. The molecule has 2 N–H and O–H groups in total. The van der Waals surface area contributed by atoms with Crippen molar-refractivity contribution in [1.29, 1.82) is 0 Å². The summed E-state index contributed by atoms with van der Waals surface area (Å²) in [6.07, 6.45) is 5.50. The molecule has 0 radical (unpaired) electrons. The minimum absolute atomic E-state index is 0.0118. The second kappa shape index (κ2) is 13.9. The van der Waals surface area contributed by atoms with Gasteiger partial charge in [-0.25, -0.2) is 9.59 Å². The number of allylic oxidation sites excluding steroid dienone is 2. The largest absolute Gasteiger partial charge is 0.443 e. The van der Waals surface area contributed by atoms with Gasteiger partial charge in [0.1, 0.15) is 46.8 Å². The molecule has 6 saturated heterocycles.